The number of amides is 1. The van der Waals surface area contributed by atoms with Crippen LogP contribution in [0.3, 0.4) is 0 Å². The lowest BCUT2D eigenvalue weighted by atomic mass is 10.0. The Morgan fingerprint density at radius 1 is 1.33 bits per heavy atom. The maximum atomic E-state index is 12.3. The van der Waals surface area contributed by atoms with Gasteiger partial charge in [-0.25, -0.2) is 0 Å². The fraction of sp³-hybridized carbons (Fsp3) is 0.562. The molecule has 5 nitrogen and oxygen atoms in total. The number of hydrogen-bond acceptors (Lipinski definition) is 4. The highest BCUT2D eigenvalue weighted by atomic mass is 16.5. The van der Waals surface area contributed by atoms with Crippen molar-refractivity contribution in [2.45, 2.75) is 31.7 Å². The molecule has 1 aromatic carbocycles. The van der Waals surface area contributed by atoms with Gasteiger partial charge in [-0.2, -0.15) is 0 Å². The Balaban J connectivity index is 1.83. The maximum Gasteiger partial charge on any atom is 0.226 e. The number of nitrogens with two attached hydrogens (primary N) is 1. The van der Waals surface area contributed by atoms with Crippen molar-refractivity contribution in [2.24, 2.45) is 5.73 Å². The number of piperidine rings is 1. The lowest BCUT2D eigenvalue weighted by molar-refractivity contribution is -0.135. The third-order valence-electron chi connectivity index (χ3n) is 3.86. The first-order valence-corrected chi connectivity index (χ1v) is 7.51. The van der Waals surface area contributed by atoms with Gasteiger partial charge in [0.25, 0.3) is 0 Å². The summed E-state index contributed by atoms with van der Waals surface area (Å²) in [6.45, 7) is 1.71. The van der Waals surface area contributed by atoms with E-state index in [0.717, 1.165) is 25.8 Å². The van der Waals surface area contributed by atoms with Gasteiger partial charge >= 0.3 is 0 Å². The summed E-state index contributed by atoms with van der Waals surface area (Å²) in [6, 6.07) is 7.64. The number of rotatable bonds is 6. The van der Waals surface area contributed by atoms with Crippen LogP contribution in [0.15, 0.2) is 24.3 Å². The van der Waals surface area contributed by atoms with Crippen LogP contribution in [-0.2, 0) is 4.79 Å². The number of ether oxygens (including phenoxy) is 2. The first kappa shape index (κ1) is 15.6. The van der Waals surface area contributed by atoms with Crippen molar-refractivity contribution < 1.29 is 14.3 Å². The molecule has 0 aromatic heterocycles. The molecule has 0 aliphatic carbocycles. The van der Waals surface area contributed by atoms with Gasteiger partial charge in [0.05, 0.1) is 20.1 Å². The van der Waals surface area contributed by atoms with Crippen molar-refractivity contribution >= 4 is 5.91 Å². The summed E-state index contributed by atoms with van der Waals surface area (Å²) in [5, 5.41) is 0. The SMILES string of the molecule is COc1ccccc1OCCC(=O)N1CCCC[C@H]1CN. The molecule has 2 N–H and O–H groups in total. The number of hydrogen-bond donors (Lipinski definition) is 1. The number of para-hydroxylation sites is 2. The van der Waals surface area contributed by atoms with Gasteiger partial charge in [0.2, 0.25) is 5.91 Å². The molecule has 1 aromatic rings. The summed E-state index contributed by atoms with van der Waals surface area (Å²) in [4.78, 5) is 14.2. The lowest BCUT2D eigenvalue weighted by Gasteiger charge is -2.35. The summed E-state index contributed by atoms with van der Waals surface area (Å²) >= 11 is 0. The predicted molar refractivity (Wildman–Crippen MR) is 81.5 cm³/mol. The topological polar surface area (TPSA) is 64.8 Å². The molecule has 1 aliphatic rings. The van der Waals surface area contributed by atoms with Gasteiger partial charge in [0.15, 0.2) is 11.5 Å². The highest BCUT2D eigenvalue weighted by Crippen LogP contribution is 2.26. The van der Waals surface area contributed by atoms with E-state index in [1.54, 1.807) is 7.11 Å². The normalized spacial score (nSPS) is 18.4. The van der Waals surface area contributed by atoms with Crippen LogP contribution < -0.4 is 15.2 Å². The average molecular weight is 292 g/mol. The fourth-order valence-corrected chi connectivity index (χ4v) is 2.70. The molecular formula is C16H24N2O3. The molecule has 2 rings (SSSR count). The van der Waals surface area contributed by atoms with Crippen molar-refractivity contribution in [1.29, 1.82) is 0 Å². The standard InChI is InChI=1S/C16H24N2O3/c1-20-14-7-2-3-8-15(14)21-11-9-16(19)18-10-5-4-6-13(18)12-17/h2-3,7-8,13H,4-6,9-12,17H2,1H3/t13-/m0/s1. The molecule has 0 radical (unpaired) electrons. The zero-order chi connectivity index (χ0) is 15.1. The van der Waals surface area contributed by atoms with E-state index in [4.69, 9.17) is 15.2 Å². The Morgan fingerprint density at radius 3 is 2.81 bits per heavy atom. The zero-order valence-corrected chi connectivity index (χ0v) is 12.6. The van der Waals surface area contributed by atoms with Crippen LogP contribution in [0.2, 0.25) is 0 Å². The molecule has 0 unspecified atom stereocenters. The van der Waals surface area contributed by atoms with Gasteiger partial charge < -0.3 is 20.1 Å². The van der Waals surface area contributed by atoms with E-state index in [9.17, 15) is 4.79 Å². The minimum atomic E-state index is 0.125. The molecule has 1 aliphatic heterocycles. The Labute approximate surface area is 126 Å². The molecule has 116 valence electrons. The molecule has 1 heterocycles. The summed E-state index contributed by atoms with van der Waals surface area (Å²) in [6.07, 6.45) is 3.60. The molecule has 0 saturated carbocycles. The molecule has 21 heavy (non-hydrogen) atoms. The minimum absolute atomic E-state index is 0.125. The predicted octanol–water partition coefficient (Wildman–Crippen LogP) is 1.80. The third kappa shape index (κ3) is 4.11. The molecule has 5 heteroatoms. The van der Waals surface area contributed by atoms with Gasteiger partial charge in [-0.05, 0) is 31.4 Å². The quantitative estimate of drug-likeness (QED) is 0.868. The number of carbonyl (C=O) groups excluding carboxylic acids is 1. The first-order valence-electron chi connectivity index (χ1n) is 7.51. The van der Waals surface area contributed by atoms with Crippen LogP contribution in [0.1, 0.15) is 25.7 Å². The summed E-state index contributed by atoms with van der Waals surface area (Å²) in [7, 11) is 1.60. The summed E-state index contributed by atoms with van der Waals surface area (Å²) in [5.41, 5.74) is 5.75. The fourth-order valence-electron chi connectivity index (χ4n) is 2.70. The van der Waals surface area contributed by atoms with Crippen LogP contribution in [0, 0.1) is 0 Å². The number of likely N-dealkylation sites (tertiary alicyclic amines) is 1. The van der Waals surface area contributed by atoms with Gasteiger partial charge in [-0.3, -0.25) is 4.79 Å². The third-order valence-corrected chi connectivity index (χ3v) is 3.86. The Bertz CT molecular complexity index is 465. The molecule has 0 bridgehead atoms. The molecule has 0 spiro atoms. The van der Waals surface area contributed by atoms with Crippen molar-refractivity contribution in [3.63, 3.8) is 0 Å². The second-order valence-electron chi connectivity index (χ2n) is 5.22. The van der Waals surface area contributed by atoms with Crippen molar-refractivity contribution in [3.8, 4) is 11.5 Å². The van der Waals surface area contributed by atoms with Crippen molar-refractivity contribution in [1.82, 2.24) is 4.90 Å². The van der Waals surface area contributed by atoms with Crippen LogP contribution in [0.4, 0.5) is 0 Å². The Kier molecular flexibility index (Phi) is 5.87. The second-order valence-corrected chi connectivity index (χ2v) is 5.22. The molecule has 1 saturated heterocycles. The number of benzene rings is 1. The maximum absolute atomic E-state index is 12.3. The largest absolute Gasteiger partial charge is 0.493 e. The van der Waals surface area contributed by atoms with E-state index in [1.807, 2.05) is 29.2 Å². The van der Waals surface area contributed by atoms with Crippen LogP contribution in [0.25, 0.3) is 0 Å². The Morgan fingerprint density at radius 2 is 2.10 bits per heavy atom. The van der Waals surface area contributed by atoms with Crippen LogP contribution >= 0.6 is 0 Å². The second kappa shape index (κ2) is 7.88. The summed E-state index contributed by atoms with van der Waals surface area (Å²) < 4.78 is 10.9. The van der Waals surface area contributed by atoms with Crippen molar-refractivity contribution in [2.75, 3.05) is 26.8 Å². The van der Waals surface area contributed by atoms with Gasteiger partial charge in [0.1, 0.15) is 0 Å². The van der Waals surface area contributed by atoms with E-state index in [1.165, 1.54) is 0 Å². The average Bonchev–Trinajstić information content (AvgIpc) is 2.55. The van der Waals surface area contributed by atoms with Crippen LogP contribution in [-0.4, -0.2) is 43.7 Å². The van der Waals surface area contributed by atoms with Gasteiger partial charge in [-0.1, -0.05) is 12.1 Å². The van der Waals surface area contributed by atoms with Crippen LogP contribution in [0.5, 0.6) is 11.5 Å². The molecule has 1 amide bonds. The van der Waals surface area contributed by atoms with E-state index in [0.29, 0.717) is 31.1 Å². The van der Waals surface area contributed by atoms with E-state index in [-0.39, 0.29) is 11.9 Å². The molecular weight excluding hydrogens is 268 g/mol. The summed E-state index contributed by atoms with van der Waals surface area (Å²) in [5.74, 6) is 1.48. The van der Waals surface area contributed by atoms with E-state index >= 15 is 0 Å². The number of nitrogens with zero attached hydrogens (tertiary/aromatic N) is 1. The highest BCUT2D eigenvalue weighted by molar-refractivity contribution is 5.76. The Hall–Kier alpha value is -1.75. The van der Waals surface area contributed by atoms with E-state index in [2.05, 4.69) is 0 Å². The highest BCUT2D eigenvalue weighted by Gasteiger charge is 2.25. The minimum Gasteiger partial charge on any atom is -0.493 e. The van der Waals surface area contributed by atoms with Gasteiger partial charge in [0, 0.05) is 19.1 Å². The zero-order valence-electron chi connectivity index (χ0n) is 12.6. The van der Waals surface area contributed by atoms with E-state index < -0.39 is 0 Å². The number of carbonyl (C=O) groups is 1. The number of methoxy groups -OCH3 is 1. The smallest absolute Gasteiger partial charge is 0.226 e. The van der Waals surface area contributed by atoms with Crippen molar-refractivity contribution in [3.05, 3.63) is 24.3 Å². The molecule has 1 atom stereocenters. The van der Waals surface area contributed by atoms with Gasteiger partial charge in [-0.15, -0.1) is 0 Å². The first-order chi connectivity index (χ1) is 10.3. The lowest BCUT2D eigenvalue weighted by Crippen LogP contribution is -2.47. The monoisotopic (exact) mass is 292 g/mol. The molecule has 1 fully saturated rings.